The Balaban J connectivity index is 1.96. The molecule has 0 unspecified atom stereocenters. The van der Waals surface area contributed by atoms with E-state index in [1.165, 1.54) is 6.07 Å². The van der Waals surface area contributed by atoms with E-state index in [9.17, 15) is 15.0 Å². The van der Waals surface area contributed by atoms with Gasteiger partial charge in [0.2, 0.25) is 0 Å². The van der Waals surface area contributed by atoms with Crippen LogP contribution in [0, 0.1) is 0 Å². The van der Waals surface area contributed by atoms with E-state index in [1.807, 2.05) is 12.1 Å². The summed E-state index contributed by atoms with van der Waals surface area (Å²) in [4.78, 5) is 12.5. The van der Waals surface area contributed by atoms with E-state index >= 15 is 0 Å². The van der Waals surface area contributed by atoms with Crippen LogP contribution in [0.5, 0.6) is 23.0 Å². The predicted molar refractivity (Wildman–Crippen MR) is 80.6 cm³/mol. The molecule has 2 aromatic carbocycles. The molecule has 1 heterocycles. The number of hydrogen-bond donors (Lipinski definition) is 2. The summed E-state index contributed by atoms with van der Waals surface area (Å²) in [5, 5.41) is 19.3. The van der Waals surface area contributed by atoms with Crippen molar-refractivity contribution in [2.24, 2.45) is 0 Å². The zero-order valence-electron chi connectivity index (χ0n) is 11.9. The second kappa shape index (κ2) is 5.44. The highest BCUT2D eigenvalue weighted by molar-refractivity contribution is 6.15. The summed E-state index contributed by atoms with van der Waals surface area (Å²) in [6.45, 7) is 0.0841. The first-order valence-electron chi connectivity index (χ1n) is 6.66. The third-order valence-electron chi connectivity index (χ3n) is 3.42. The van der Waals surface area contributed by atoms with Crippen LogP contribution in [0.1, 0.15) is 15.9 Å². The number of benzene rings is 2. The summed E-state index contributed by atoms with van der Waals surface area (Å²) in [7, 11) is 1.58. The molecule has 2 N–H and O–H groups in total. The Morgan fingerprint density at radius 1 is 1.18 bits per heavy atom. The molecule has 0 radical (unpaired) electrons. The van der Waals surface area contributed by atoms with Crippen LogP contribution in [0.15, 0.2) is 42.0 Å². The third kappa shape index (κ3) is 2.48. The van der Waals surface area contributed by atoms with Crippen molar-refractivity contribution in [1.82, 2.24) is 0 Å². The van der Waals surface area contributed by atoms with Crippen molar-refractivity contribution in [2.75, 3.05) is 13.7 Å². The third-order valence-corrected chi connectivity index (χ3v) is 3.42. The van der Waals surface area contributed by atoms with Crippen molar-refractivity contribution in [3.63, 3.8) is 0 Å². The van der Waals surface area contributed by atoms with Crippen molar-refractivity contribution >= 4 is 11.9 Å². The van der Waals surface area contributed by atoms with Crippen molar-refractivity contribution in [1.29, 1.82) is 0 Å². The van der Waals surface area contributed by atoms with Gasteiger partial charge >= 0.3 is 0 Å². The molecule has 112 valence electrons. The van der Waals surface area contributed by atoms with E-state index in [2.05, 4.69) is 0 Å². The number of fused-ring (bicyclic) bond motifs is 1. The molecule has 0 saturated heterocycles. The minimum Gasteiger partial charge on any atom is -0.508 e. The lowest BCUT2D eigenvalue weighted by atomic mass is 9.97. The highest BCUT2D eigenvalue weighted by Crippen LogP contribution is 2.37. The fourth-order valence-corrected chi connectivity index (χ4v) is 2.32. The molecule has 0 aliphatic carbocycles. The smallest absolute Gasteiger partial charge is 0.199 e. The molecule has 5 nitrogen and oxygen atoms in total. The Hall–Kier alpha value is -2.95. The van der Waals surface area contributed by atoms with E-state index in [1.54, 1.807) is 25.3 Å². The summed E-state index contributed by atoms with van der Waals surface area (Å²) in [5.74, 6) is 0.169. The fraction of sp³-hybridized carbons (Fsp3) is 0.118. The van der Waals surface area contributed by atoms with Gasteiger partial charge in [-0.2, -0.15) is 0 Å². The van der Waals surface area contributed by atoms with Gasteiger partial charge in [0.05, 0.1) is 7.11 Å². The number of phenolic OH excluding ortho intramolecular Hbond substituents is 2. The second-order valence-corrected chi connectivity index (χ2v) is 4.90. The van der Waals surface area contributed by atoms with E-state index < -0.39 is 0 Å². The second-order valence-electron chi connectivity index (χ2n) is 4.90. The van der Waals surface area contributed by atoms with E-state index in [4.69, 9.17) is 9.47 Å². The van der Waals surface area contributed by atoms with Gasteiger partial charge in [-0.05, 0) is 23.8 Å². The summed E-state index contributed by atoms with van der Waals surface area (Å²) in [6.07, 6.45) is 1.71. The van der Waals surface area contributed by atoms with Gasteiger partial charge in [0.15, 0.2) is 5.78 Å². The zero-order valence-corrected chi connectivity index (χ0v) is 11.9. The average Bonchev–Trinajstić information content (AvgIpc) is 2.50. The number of hydrogen-bond acceptors (Lipinski definition) is 5. The maximum Gasteiger partial charge on any atom is 0.199 e. The van der Waals surface area contributed by atoms with E-state index in [0.29, 0.717) is 5.57 Å². The molecular weight excluding hydrogens is 284 g/mol. The molecule has 22 heavy (non-hydrogen) atoms. The fourth-order valence-electron chi connectivity index (χ4n) is 2.32. The van der Waals surface area contributed by atoms with Crippen molar-refractivity contribution in [3.05, 3.63) is 53.1 Å². The first-order chi connectivity index (χ1) is 10.6. The van der Waals surface area contributed by atoms with Gasteiger partial charge in [0.25, 0.3) is 0 Å². The molecule has 0 bridgehead atoms. The molecule has 3 rings (SSSR count). The van der Waals surface area contributed by atoms with Gasteiger partial charge < -0.3 is 19.7 Å². The number of phenols is 2. The number of carbonyl (C=O) groups excluding carboxylic acids is 1. The van der Waals surface area contributed by atoms with Crippen LogP contribution in [-0.4, -0.2) is 29.7 Å². The summed E-state index contributed by atoms with van der Waals surface area (Å²) < 4.78 is 10.5. The lowest BCUT2D eigenvalue weighted by Crippen LogP contribution is -2.19. The Kier molecular flexibility index (Phi) is 3.47. The zero-order chi connectivity index (χ0) is 15.7. The molecule has 0 saturated carbocycles. The quantitative estimate of drug-likeness (QED) is 0.834. The number of ketones is 1. The van der Waals surface area contributed by atoms with Crippen LogP contribution < -0.4 is 9.47 Å². The molecule has 5 heteroatoms. The Morgan fingerprint density at radius 3 is 2.59 bits per heavy atom. The van der Waals surface area contributed by atoms with Crippen molar-refractivity contribution < 1.29 is 24.5 Å². The number of carbonyl (C=O) groups is 1. The van der Waals surface area contributed by atoms with Crippen LogP contribution in [0.4, 0.5) is 0 Å². The number of Topliss-reactive ketones (excluding diaryl/α,β-unsaturated/α-hetero) is 1. The van der Waals surface area contributed by atoms with Crippen LogP contribution in [0.25, 0.3) is 6.08 Å². The van der Waals surface area contributed by atoms with E-state index in [-0.39, 0.29) is 35.2 Å². The largest absolute Gasteiger partial charge is 0.508 e. The summed E-state index contributed by atoms with van der Waals surface area (Å²) in [6, 6.07) is 9.68. The first-order valence-corrected chi connectivity index (χ1v) is 6.66. The van der Waals surface area contributed by atoms with E-state index in [0.717, 1.165) is 17.4 Å². The molecule has 0 spiro atoms. The molecule has 0 amide bonds. The SMILES string of the molecule is COc1ccc(/C=C2\COc3cc(O)cc(O)c3C2=O)cc1. The standard InChI is InChI=1S/C17H14O5/c1-21-13-4-2-10(3-5-13)6-11-9-22-15-8-12(18)7-14(19)16(15)17(11)20/h2-8,18-19H,9H2,1H3/b11-6+. The van der Waals surface area contributed by atoms with Crippen molar-refractivity contribution in [2.45, 2.75) is 0 Å². The van der Waals surface area contributed by atoms with Crippen LogP contribution in [0.2, 0.25) is 0 Å². The van der Waals surface area contributed by atoms with Gasteiger partial charge in [-0.15, -0.1) is 0 Å². The normalized spacial score (nSPS) is 15.3. The molecular formula is C17H14O5. The number of ether oxygens (including phenoxy) is 2. The molecule has 0 atom stereocenters. The topological polar surface area (TPSA) is 76.0 Å². The van der Waals surface area contributed by atoms with Crippen LogP contribution in [-0.2, 0) is 0 Å². The average molecular weight is 298 g/mol. The van der Waals surface area contributed by atoms with Crippen LogP contribution in [0.3, 0.4) is 0 Å². The van der Waals surface area contributed by atoms with Crippen molar-refractivity contribution in [3.8, 4) is 23.0 Å². The molecule has 1 aliphatic heterocycles. The molecule has 2 aromatic rings. The van der Waals surface area contributed by atoms with Gasteiger partial charge in [0, 0.05) is 17.7 Å². The Labute approximate surface area is 127 Å². The van der Waals surface area contributed by atoms with Crippen LogP contribution >= 0.6 is 0 Å². The highest BCUT2D eigenvalue weighted by atomic mass is 16.5. The molecule has 0 aromatic heterocycles. The highest BCUT2D eigenvalue weighted by Gasteiger charge is 2.27. The molecule has 1 aliphatic rings. The minimum absolute atomic E-state index is 0.0730. The van der Waals surface area contributed by atoms with Gasteiger partial charge in [-0.1, -0.05) is 12.1 Å². The summed E-state index contributed by atoms with van der Waals surface area (Å²) >= 11 is 0. The lowest BCUT2D eigenvalue weighted by molar-refractivity contribution is 0.0997. The van der Waals surface area contributed by atoms with Gasteiger partial charge in [-0.3, -0.25) is 4.79 Å². The first kappa shape index (κ1) is 14.0. The maximum atomic E-state index is 12.5. The number of rotatable bonds is 2. The minimum atomic E-state index is -0.311. The monoisotopic (exact) mass is 298 g/mol. The number of aromatic hydroxyl groups is 2. The molecule has 0 fully saturated rings. The predicted octanol–water partition coefficient (Wildman–Crippen LogP) is 2.77. The Morgan fingerprint density at radius 2 is 1.91 bits per heavy atom. The van der Waals surface area contributed by atoms with Gasteiger partial charge in [-0.25, -0.2) is 0 Å². The Bertz CT molecular complexity index is 759. The lowest BCUT2D eigenvalue weighted by Gasteiger charge is -2.20. The number of methoxy groups -OCH3 is 1. The van der Waals surface area contributed by atoms with Gasteiger partial charge in [0.1, 0.15) is 35.2 Å². The maximum absolute atomic E-state index is 12.5. The summed E-state index contributed by atoms with van der Waals surface area (Å²) in [5.41, 5.74) is 1.33.